The number of carboxylic acid groups (broad SMARTS) is 1. The van der Waals surface area contributed by atoms with Crippen molar-refractivity contribution in [3.8, 4) is 0 Å². The lowest BCUT2D eigenvalue weighted by molar-refractivity contribution is -0.151. The zero-order valence-corrected chi connectivity index (χ0v) is 12.0. The molecule has 0 heterocycles. The zero-order valence-electron chi connectivity index (χ0n) is 10.4. The van der Waals surface area contributed by atoms with Gasteiger partial charge in [0.15, 0.2) is 0 Å². The highest BCUT2D eigenvalue weighted by Crippen LogP contribution is 2.30. The Kier molecular flexibility index (Phi) is 4.71. The molecule has 0 bridgehead atoms. The molecule has 1 rings (SSSR count). The van der Waals surface area contributed by atoms with Crippen LogP contribution in [0.2, 0.25) is 0 Å². The molecule has 3 nitrogen and oxygen atoms in total. The predicted molar refractivity (Wildman–Crippen MR) is 72.1 cm³/mol. The molecule has 0 radical (unpaired) electrons. The van der Waals surface area contributed by atoms with Gasteiger partial charge in [0.1, 0.15) is 5.54 Å². The lowest BCUT2D eigenvalue weighted by atomic mass is 9.90. The van der Waals surface area contributed by atoms with Gasteiger partial charge in [0, 0.05) is 4.47 Å². The fourth-order valence-corrected chi connectivity index (χ4v) is 2.49. The zero-order chi connectivity index (χ0) is 13.1. The quantitative estimate of drug-likeness (QED) is 0.908. The van der Waals surface area contributed by atoms with Gasteiger partial charge >= 0.3 is 5.97 Å². The summed E-state index contributed by atoms with van der Waals surface area (Å²) in [5.41, 5.74) is -0.184. The molecule has 1 aromatic carbocycles. The minimum atomic E-state index is -0.979. The number of carbonyl (C=O) groups is 1. The largest absolute Gasteiger partial charge is 0.480 e. The van der Waals surface area contributed by atoms with E-state index in [9.17, 15) is 9.90 Å². The average Bonchev–Trinajstić information content (AvgIpc) is 2.30. The van der Waals surface area contributed by atoms with Crippen molar-refractivity contribution in [1.29, 1.82) is 0 Å². The summed E-state index contributed by atoms with van der Waals surface area (Å²) in [6, 6.07) is 7.49. The second-order valence-corrected chi connectivity index (χ2v) is 4.98. The first-order valence-electron chi connectivity index (χ1n) is 5.71. The molecule has 0 aliphatic rings. The van der Waals surface area contributed by atoms with Crippen molar-refractivity contribution in [2.45, 2.75) is 26.3 Å². The monoisotopic (exact) mass is 299 g/mol. The number of benzene rings is 1. The number of aliphatic carboxylic acids is 1. The second-order valence-electron chi connectivity index (χ2n) is 4.06. The van der Waals surface area contributed by atoms with Crippen LogP contribution in [0.15, 0.2) is 28.7 Å². The van der Waals surface area contributed by atoms with Crippen molar-refractivity contribution in [3.63, 3.8) is 0 Å². The molecule has 0 fully saturated rings. The molecule has 0 spiro atoms. The van der Waals surface area contributed by atoms with Crippen molar-refractivity contribution in [3.05, 3.63) is 34.3 Å². The first-order chi connectivity index (χ1) is 7.96. The summed E-state index contributed by atoms with van der Waals surface area (Å²) in [6.07, 6.45) is 0. The number of rotatable bonds is 5. The molecule has 0 amide bonds. The van der Waals surface area contributed by atoms with E-state index in [0.717, 1.165) is 10.0 Å². The number of hydrogen-bond acceptors (Lipinski definition) is 2. The van der Waals surface area contributed by atoms with E-state index in [4.69, 9.17) is 0 Å². The summed E-state index contributed by atoms with van der Waals surface area (Å²) in [4.78, 5) is 13.6. The standard InChI is InChI=1S/C13H18BrNO2/c1-4-15(5-2)13(3,12(16)17)10-7-6-8-11(14)9-10/h6-9H,4-5H2,1-3H3,(H,16,17). The van der Waals surface area contributed by atoms with Gasteiger partial charge < -0.3 is 5.11 Å². The Morgan fingerprint density at radius 1 is 1.41 bits per heavy atom. The molecule has 94 valence electrons. The molecule has 0 aliphatic heterocycles. The smallest absolute Gasteiger partial charge is 0.328 e. The fourth-order valence-electron chi connectivity index (χ4n) is 2.09. The normalized spacial score (nSPS) is 14.6. The fraction of sp³-hybridized carbons (Fsp3) is 0.462. The third kappa shape index (κ3) is 2.69. The third-order valence-electron chi connectivity index (χ3n) is 3.20. The van der Waals surface area contributed by atoms with E-state index in [-0.39, 0.29) is 0 Å². The van der Waals surface area contributed by atoms with Crippen molar-refractivity contribution < 1.29 is 9.90 Å². The van der Waals surface area contributed by atoms with Gasteiger partial charge in [0.25, 0.3) is 0 Å². The highest BCUT2D eigenvalue weighted by Gasteiger charge is 2.39. The van der Waals surface area contributed by atoms with E-state index in [0.29, 0.717) is 13.1 Å². The highest BCUT2D eigenvalue weighted by atomic mass is 79.9. The molecule has 0 saturated heterocycles. The summed E-state index contributed by atoms with van der Waals surface area (Å²) in [5, 5.41) is 9.55. The SMILES string of the molecule is CCN(CC)C(C)(C(=O)O)c1cccc(Br)c1. The second kappa shape index (κ2) is 5.65. The maximum Gasteiger partial charge on any atom is 0.328 e. The lowest BCUT2D eigenvalue weighted by Crippen LogP contribution is -2.49. The first kappa shape index (κ1) is 14.2. The summed E-state index contributed by atoms with van der Waals surface area (Å²) in [5.74, 6) is -0.820. The number of likely N-dealkylation sites (N-methyl/N-ethyl adjacent to an activating group) is 1. The molecular formula is C13H18BrNO2. The maximum atomic E-state index is 11.6. The van der Waals surface area contributed by atoms with Gasteiger partial charge in [0.2, 0.25) is 0 Å². The Bertz CT molecular complexity index is 404. The van der Waals surface area contributed by atoms with Gasteiger partial charge in [-0.3, -0.25) is 4.90 Å². The molecular weight excluding hydrogens is 282 g/mol. The number of carboxylic acids is 1. The van der Waals surface area contributed by atoms with E-state index in [2.05, 4.69) is 15.9 Å². The molecule has 0 saturated carbocycles. The van der Waals surface area contributed by atoms with E-state index in [1.165, 1.54) is 0 Å². The van der Waals surface area contributed by atoms with Gasteiger partial charge in [-0.15, -0.1) is 0 Å². The minimum Gasteiger partial charge on any atom is -0.480 e. The van der Waals surface area contributed by atoms with Gasteiger partial charge in [-0.1, -0.05) is 41.9 Å². The van der Waals surface area contributed by atoms with Crippen LogP contribution in [0, 0.1) is 0 Å². The summed E-state index contributed by atoms with van der Waals surface area (Å²) in [7, 11) is 0. The molecule has 1 aromatic rings. The van der Waals surface area contributed by atoms with E-state index in [1.54, 1.807) is 6.92 Å². The van der Waals surface area contributed by atoms with E-state index in [1.807, 2.05) is 43.0 Å². The molecule has 17 heavy (non-hydrogen) atoms. The number of hydrogen-bond donors (Lipinski definition) is 1. The van der Waals surface area contributed by atoms with Crippen molar-refractivity contribution in [2.24, 2.45) is 0 Å². The van der Waals surface area contributed by atoms with Gasteiger partial charge in [0.05, 0.1) is 0 Å². The van der Waals surface area contributed by atoms with Gasteiger partial charge in [-0.25, -0.2) is 4.79 Å². The first-order valence-corrected chi connectivity index (χ1v) is 6.50. The highest BCUT2D eigenvalue weighted by molar-refractivity contribution is 9.10. The van der Waals surface area contributed by atoms with Crippen LogP contribution < -0.4 is 0 Å². The summed E-state index contributed by atoms with van der Waals surface area (Å²) < 4.78 is 0.898. The molecule has 1 atom stereocenters. The molecule has 1 N–H and O–H groups in total. The Labute approximate surface area is 111 Å². The average molecular weight is 300 g/mol. The van der Waals surface area contributed by atoms with Crippen LogP contribution in [0.25, 0.3) is 0 Å². The van der Waals surface area contributed by atoms with Crippen LogP contribution in [0.5, 0.6) is 0 Å². The lowest BCUT2D eigenvalue weighted by Gasteiger charge is -2.37. The minimum absolute atomic E-state index is 0.700. The number of halogens is 1. The van der Waals surface area contributed by atoms with E-state index >= 15 is 0 Å². The molecule has 0 aliphatic carbocycles. The molecule has 0 aromatic heterocycles. The maximum absolute atomic E-state index is 11.6. The topological polar surface area (TPSA) is 40.5 Å². The van der Waals surface area contributed by atoms with Crippen LogP contribution in [-0.2, 0) is 10.3 Å². The Morgan fingerprint density at radius 2 is 2.00 bits per heavy atom. The van der Waals surface area contributed by atoms with Crippen molar-refractivity contribution in [1.82, 2.24) is 4.90 Å². The third-order valence-corrected chi connectivity index (χ3v) is 3.69. The summed E-state index contributed by atoms with van der Waals surface area (Å²) >= 11 is 3.39. The van der Waals surface area contributed by atoms with Crippen molar-refractivity contribution in [2.75, 3.05) is 13.1 Å². The Morgan fingerprint density at radius 3 is 2.41 bits per heavy atom. The van der Waals surface area contributed by atoms with Crippen LogP contribution in [0.3, 0.4) is 0 Å². The summed E-state index contributed by atoms with van der Waals surface area (Å²) in [6.45, 7) is 7.10. The Hall–Kier alpha value is -0.870. The molecule has 1 unspecified atom stereocenters. The van der Waals surface area contributed by atoms with Crippen molar-refractivity contribution >= 4 is 21.9 Å². The predicted octanol–water partition coefficient (Wildman–Crippen LogP) is 3.09. The van der Waals surface area contributed by atoms with Gasteiger partial charge in [-0.05, 0) is 37.7 Å². The van der Waals surface area contributed by atoms with Crippen LogP contribution >= 0.6 is 15.9 Å². The van der Waals surface area contributed by atoms with E-state index < -0.39 is 11.5 Å². The van der Waals surface area contributed by atoms with Crippen LogP contribution in [0.1, 0.15) is 26.3 Å². The number of nitrogens with zero attached hydrogens (tertiary/aromatic N) is 1. The molecule has 4 heteroatoms. The van der Waals surface area contributed by atoms with Crippen LogP contribution in [-0.4, -0.2) is 29.1 Å². The van der Waals surface area contributed by atoms with Crippen LogP contribution in [0.4, 0.5) is 0 Å². The van der Waals surface area contributed by atoms with Gasteiger partial charge in [-0.2, -0.15) is 0 Å². The Balaban J connectivity index is 3.29.